The van der Waals surface area contributed by atoms with Crippen molar-refractivity contribution in [1.29, 1.82) is 0 Å². The number of benzene rings is 1. The van der Waals surface area contributed by atoms with E-state index in [9.17, 15) is 4.79 Å². The number of carbonyl (C=O) groups is 1. The summed E-state index contributed by atoms with van der Waals surface area (Å²) in [5.41, 5.74) is 2.42. The van der Waals surface area contributed by atoms with Crippen molar-refractivity contribution < 1.29 is 4.79 Å². The first-order valence-electron chi connectivity index (χ1n) is 5.48. The fourth-order valence-electron chi connectivity index (χ4n) is 1.50. The molecule has 1 nitrogen and oxygen atoms in total. The van der Waals surface area contributed by atoms with Crippen molar-refractivity contribution in [2.75, 3.05) is 0 Å². The van der Waals surface area contributed by atoms with E-state index in [-0.39, 0.29) is 11.2 Å². The third kappa shape index (κ3) is 3.50. The van der Waals surface area contributed by atoms with Gasteiger partial charge in [-0.05, 0) is 32.3 Å². The summed E-state index contributed by atoms with van der Waals surface area (Å²) in [6.45, 7) is 7.81. The highest BCUT2D eigenvalue weighted by Crippen LogP contribution is 2.24. The van der Waals surface area contributed by atoms with Crippen LogP contribution in [0.5, 0.6) is 0 Å². The lowest BCUT2D eigenvalue weighted by Gasteiger charge is -2.20. The first-order valence-corrected chi connectivity index (χ1v) is 5.48. The zero-order chi connectivity index (χ0) is 11.5. The molecule has 0 saturated heterocycles. The summed E-state index contributed by atoms with van der Waals surface area (Å²) < 4.78 is 0. The summed E-state index contributed by atoms with van der Waals surface area (Å²) in [4.78, 5) is 11.4. The van der Waals surface area contributed by atoms with Crippen LogP contribution in [-0.4, -0.2) is 5.78 Å². The molecule has 15 heavy (non-hydrogen) atoms. The minimum atomic E-state index is -0.191. The lowest BCUT2D eigenvalue weighted by Crippen LogP contribution is -2.21. The monoisotopic (exact) mass is 204 g/mol. The molecule has 0 aliphatic heterocycles. The first-order chi connectivity index (χ1) is 6.92. The van der Waals surface area contributed by atoms with E-state index < -0.39 is 0 Å². The lowest BCUT2D eigenvalue weighted by molar-refractivity contribution is -0.125. The molecule has 0 aliphatic carbocycles. The quantitative estimate of drug-likeness (QED) is 0.733. The van der Waals surface area contributed by atoms with Gasteiger partial charge in [-0.3, -0.25) is 4.79 Å². The third-order valence-electron chi connectivity index (χ3n) is 3.07. The number of Topliss-reactive ketones (excluding diaryl/α,β-unsaturated/α-hetero) is 1. The third-order valence-corrected chi connectivity index (χ3v) is 3.07. The van der Waals surface area contributed by atoms with Gasteiger partial charge in [0.05, 0.1) is 0 Å². The molecule has 0 fully saturated rings. The molecule has 0 saturated carbocycles. The van der Waals surface area contributed by atoms with Crippen LogP contribution < -0.4 is 0 Å². The van der Waals surface area contributed by atoms with Crippen molar-refractivity contribution in [2.45, 2.75) is 40.5 Å². The van der Waals surface area contributed by atoms with Crippen LogP contribution in [0.1, 0.15) is 38.3 Å². The predicted octanol–water partition coefficient (Wildman–Crippen LogP) is 3.54. The van der Waals surface area contributed by atoms with Crippen LogP contribution in [-0.2, 0) is 11.2 Å². The smallest absolute Gasteiger partial charge is 0.135 e. The fraction of sp³-hybridized carbons (Fsp3) is 0.500. The summed E-state index contributed by atoms with van der Waals surface area (Å²) in [7, 11) is 0. The molecule has 0 bridgehead atoms. The molecule has 0 aromatic heterocycles. The SMILES string of the molecule is CC(=O)C(C)(C)CCc1cccc(C)c1. The Balaban J connectivity index is 2.61. The van der Waals surface area contributed by atoms with E-state index in [1.807, 2.05) is 13.8 Å². The predicted molar refractivity (Wildman–Crippen MR) is 64.0 cm³/mol. The normalized spacial score (nSPS) is 11.5. The molecule has 1 aromatic rings. The van der Waals surface area contributed by atoms with E-state index in [1.165, 1.54) is 11.1 Å². The van der Waals surface area contributed by atoms with Crippen LogP contribution in [0.2, 0.25) is 0 Å². The zero-order valence-corrected chi connectivity index (χ0v) is 10.1. The molecule has 1 rings (SSSR count). The second kappa shape index (κ2) is 4.61. The van der Waals surface area contributed by atoms with Gasteiger partial charge in [-0.1, -0.05) is 43.7 Å². The van der Waals surface area contributed by atoms with Crippen LogP contribution in [0.15, 0.2) is 24.3 Å². The van der Waals surface area contributed by atoms with Crippen molar-refractivity contribution in [1.82, 2.24) is 0 Å². The van der Waals surface area contributed by atoms with Crippen molar-refractivity contribution in [3.63, 3.8) is 0 Å². The van der Waals surface area contributed by atoms with Gasteiger partial charge >= 0.3 is 0 Å². The molecule has 0 N–H and O–H groups in total. The van der Waals surface area contributed by atoms with E-state index in [4.69, 9.17) is 0 Å². The Bertz CT molecular complexity index is 350. The minimum absolute atomic E-state index is 0.191. The van der Waals surface area contributed by atoms with E-state index in [0.29, 0.717) is 0 Å². The van der Waals surface area contributed by atoms with Crippen LogP contribution in [0.25, 0.3) is 0 Å². The molecule has 82 valence electrons. The average Bonchev–Trinajstić information content (AvgIpc) is 2.15. The van der Waals surface area contributed by atoms with Gasteiger partial charge in [0.25, 0.3) is 0 Å². The Hall–Kier alpha value is -1.11. The number of aryl methyl sites for hydroxylation is 2. The van der Waals surface area contributed by atoms with Crippen molar-refractivity contribution in [3.8, 4) is 0 Å². The number of rotatable bonds is 4. The Kier molecular flexibility index (Phi) is 3.67. The second-order valence-corrected chi connectivity index (χ2v) is 4.93. The van der Waals surface area contributed by atoms with Gasteiger partial charge in [0.2, 0.25) is 0 Å². The molecule has 0 heterocycles. The molecule has 0 atom stereocenters. The lowest BCUT2D eigenvalue weighted by atomic mass is 9.83. The van der Waals surface area contributed by atoms with Crippen molar-refractivity contribution in [3.05, 3.63) is 35.4 Å². The van der Waals surface area contributed by atoms with E-state index in [2.05, 4.69) is 31.2 Å². The summed E-state index contributed by atoms with van der Waals surface area (Å²) in [6.07, 6.45) is 1.90. The minimum Gasteiger partial charge on any atom is -0.299 e. The van der Waals surface area contributed by atoms with Crippen LogP contribution in [0, 0.1) is 12.3 Å². The standard InChI is InChI=1S/C14H20O/c1-11-6-5-7-13(10-11)8-9-14(3,4)12(2)15/h5-7,10H,8-9H2,1-4H3. The highest BCUT2D eigenvalue weighted by atomic mass is 16.1. The summed E-state index contributed by atoms with van der Waals surface area (Å²) in [5, 5.41) is 0. The number of hydrogen-bond donors (Lipinski definition) is 0. The highest BCUT2D eigenvalue weighted by Gasteiger charge is 2.22. The molecule has 0 amide bonds. The first kappa shape index (κ1) is 12.0. The van der Waals surface area contributed by atoms with Crippen LogP contribution in [0.3, 0.4) is 0 Å². The maximum atomic E-state index is 11.4. The van der Waals surface area contributed by atoms with Crippen LogP contribution >= 0.6 is 0 Å². The molecular formula is C14H20O. The number of ketones is 1. The molecule has 1 heteroatoms. The van der Waals surface area contributed by atoms with Gasteiger partial charge in [0.15, 0.2) is 0 Å². The summed E-state index contributed by atoms with van der Waals surface area (Å²) >= 11 is 0. The van der Waals surface area contributed by atoms with Crippen molar-refractivity contribution >= 4 is 5.78 Å². The maximum absolute atomic E-state index is 11.4. The highest BCUT2D eigenvalue weighted by molar-refractivity contribution is 5.81. The fourth-order valence-corrected chi connectivity index (χ4v) is 1.50. The molecule has 0 radical (unpaired) electrons. The Morgan fingerprint density at radius 3 is 2.53 bits per heavy atom. The average molecular weight is 204 g/mol. The summed E-state index contributed by atoms with van der Waals surface area (Å²) in [5.74, 6) is 0.273. The van der Waals surface area contributed by atoms with Gasteiger partial charge in [-0.2, -0.15) is 0 Å². The van der Waals surface area contributed by atoms with Gasteiger partial charge in [-0.15, -0.1) is 0 Å². The van der Waals surface area contributed by atoms with E-state index in [0.717, 1.165) is 12.8 Å². The Labute approximate surface area is 92.5 Å². The van der Waals surface area contributed by atoms with Gasteiger partial charge in [0, 0.05) is 5.41 Å². The largest absolute Gasteiger partial charge is 0.299 e. The van der Waals surface area contributed by atoms with Crippen LogP contribution in [0.4, 0.5) is 0 Å². The topological polar surface area (TPSA) is 17.1 Å². The zero-order valence-electron chi connectivity index (χ0n) is 10.1. The molecule has 0 unspecified atom stereocenters. The van der Waals surface area contributed by atoms with Gasteiger partial charge in [0.1, 0.15) is 5.78 Å². The number of carbonyl (C=O) groups excluding carboxylic acids is 1. The van der Waals surface area contributed by atoms with Crippen molar-refractivity contribution in [2.24, 2.45) is 5.41 Å². The maximum Gasteiger partial charge on any atom is 0.135 e. The van der Waals surface area contributed by atoms with Gasteiger partial charge in [-0.25, -0.2) is 0 Å². The van der Waals surface area contributed by atoms with E-state index >= 15 is 0 Å². The molecular weight excluding hydrogens is 184 g/mol. The Morgan fingerprint density at radius 1 is 1.33 bits per heavy atom. The number of hydrogen-bond acceptors (Lipinski definition) is 1. The second-order valence-electron chi connectivity index (χ2n) is 4.93. The molecule has 0 spiro atoms. The summed E-state index contributed by atoms with van der Waals surface area (Å²) in [6, 6.07) is 8.49. The van der Waals surface area contributed by atoms with Gasteiger partial charge < -0.3 is 0 Å². The molecule has 0 aliphatic rings. The molecule has 1 aromatic carbocycles. The van der Waals surface area contributed by atoms with E-state index in [1.54, 1.807) is 6.92 Å². The Morgan fingerprint density at radius 2 is 2.00 bits per heavy atom.